The van der Waals surface area contributed by atoms with Gasteiger partial charge in [-0.15, -0.1) is 0 Å². The van der Waals surface area contributed by atoms with E-state index in [0.29, 0.717) is 12.8 Å². The van der Waals surface area contributed by atoms with Crippen molar-refractivity contribution in [1.29, 1.82) is 0 Å². The zero-order valence-corrected chi connectivity index (χ0v) is 83.3. The molecule has 2 amide bonds. The molecule has 0 aromatic heterocycles. The molecule has 6 heterocycles. The molecule has 784 valence electrons. The Labute approximate surface area is 824 Å². The summed E-state index contributed by atoms with van der Waals surface area (Å²) in [6, 6.07) is 30.1. The number of nitrogens with zero attached hydrogens (tertiary/aromatic N) is 6. The number of azide groups is 2. The highest BCUT2D eigenvalue weighted by atomic mass is 31.2. The first kappa shape index (κ1) is 127. The van der Waals surface area contributed by atoms with Crippen molar-refractivity contribution in [3.05, 3.63) is 163 Å². The van der Waals surface area contributed by atoms with E-state index in [1.54, 1.807) is 20.8 Å². The summed E-state index contributed by atoms with van der Waals surface area (Å²) in [7, 11) is -13.6. The van der Waals surface area contributed by atoms with Gasteiger partial charge in [0, 0.05) is 52.8 Å². The van der Waals surface area contributed by atoms with Crippen molar-refractivity contribution in [2.45, 2.75) is 400 Å². The second-order valence-corrected chi connectivity index (χ2v) is 50.3. The predicted octanol–water partition coefficient (Wildman–Crippen LogP) is 22.1. The van der Waals surface area contributed by atoms with E-state index in [-0.39, 0.29) is 166 Å². The van der Waals surface area contributed by atoms with E-state index < -0.39 is 196 Å². The fraction of sp³-hybridized carbons (Fsp3) is 0.707. The lowest BCUT2D eigenvalue weighted by atomic mass is 9.88. The van der Waals surface area contributed by atoms with Crippen molar-refractivity contribution >= 4 is 62.0 Å². The van der Waals surface area contributed by atoms with Crippen LogP contribution in [0, 0.1) is 29.6 Å². The van der Waals surface area contributed by atoms with Crippen LogP contribution in [0.5, 0.6) is 0 Å². The summed E-state index contributed by atoms with van der Waals surface area (Å²) >= 11 is 0. The lowest BCUT2D eigenvalue weighted by Crippen LogP contribution is -2.63. The molecule has 6 aliphatic rings. The third-order valence-electron chi connectivity index (χ3n) is 25.9. The molecule has 138 heavy (non-hydrogen) atoms. The van der Waals surface area contributed by atoms with Gasteiger partial charge in [-0.2, -0.15) is 0 Å². The molecule has 0 radical (unpaired) electrons. The van der Waals surface area contributed by atoms with Gasteiger partial charge in [0.15, 0.2) is 41.8 Å². The van der Waals surface area contributed by atoms with Crippen molar-refractivity contribution in [1.82, 2.24) is 10.6 Å². The minimum atomic E-state index is -4.28. The molecule has 0 saturated carbocycles. The number of fused-ring (bicyclic) bond motifs is 2. The Hall–Kier alpha value is -6.94. The minimum absolute atomic E-state index is 0. The van der Waals surface area contributed by atoms with Crippen molar-refractivity contribution < 1.29 is 126 Å². The SMILES string of the molecule is C.C.C.C.C.C.C.CCC(=O)O[C@H](CC)CC(=O)NC1[C@H](OCC2OC(O[Si](C)(C)C(C)(C)C)C(N=[N+]=[N-])[C@@H](O)[C@@H]2C)OC(COCc2ccccc2)[C@@H](OP2(=O)OCc3ccccc3CO2)[C@@H]1C.CCC(=O)O[C@H](CC)CC(=O)NC1[C@H](OCC2OC(O[Si](C)(C)C(C)(C)C)C(N=[N+]=[N-])[C@@H](OC(=O)C[C@H](C)CC)[C@@H]2C)OC(COCc2ccccc2)[C@@H](OP2(=O)OCc3ccccc3CO2)[C@@H]1C. The fourth-order valence-electron chi connectivity index (χ4n) is 15.2. The number of benzene rings is 4. The largest absolute Gasteiger partial charge is 0.475 e. The summed E-state index contributed by atoms with van der Waals surface area (Å²) in [5.41, 5.74) is 24.3. The van der Waals surface area contributed by atoms with Gasteiger partial charge in [0.2, 0.25) is 11.8 Å². The maximum atomic E-state index is 14.5. The number of esters is 3. The van der Waals surface area contributed by atoms with Crippen LogP contribution < -0.4 is 10.6 Å². The highest BCUT2D eigenvalue weighted by Crippen LogP contribution is 2.58. The number of carbonyl (C=O) groups excluding carboxylic acids is 5. The first-order valence-electron chi connectivity index (χ1n) is 45.8. The molecule has 4 saturated heterocycles. The van der Waals surface area contributed by atoms with E-state index in [4.69, 9.17) is 88.1 Å². The Morgan fingerprint density at radius 3 is 1.14 bits per heavy atom. The number of rotatable bonds is 40. The van der Waals surface area contributed by atoms with Crippen molar-refractivity contribution in [2.75, 3.05) is 26.4 Å². The minimum Gasteiger partial charge on any atom is -0.462 e. The van der Waals surface area contributed by atoms with Gasteiger partial charge in [0.1, 0.15) is 54.8 Å². The highest BCUT2D eigenvalue weighted by molar-refractivity contribution is 7.48. The van der Waals surface area contributed by atoms with E-state index in [1.807, 2.05) is 184 Å². The molecular formula is C99H168N8O27P2Si2. The summed E-state index contributed by atoms with van der Waals surface area (Å²) in [4.78, 5) is 72.0. The number of amides is 2. The molecule has 10 rings (SSSR count). The lowest BCUT2D eigenvalue weighted by Gasteiger charge is -2.48. The lowest BCUT2D eigenvalue weighted by molar-refractivity contribution is -0.282. The summed E-state index contributed by atoms with van der Waals surface area (Å²) in [6.07, 6.45) is -11.8. The average molecular weight is 2020 g/mol. The highest BCUT2D eigenvalue weighted by Gasteiger charge is 2.56. The van der Waals surface area contributed by atoms with E-state index in [2.05, 4.69) is 72.2 Å². The van der Waals surface area contributed by atoms with Crippen LogP contribution in [0.15, 0.2) is 119 Å². The third kappa shape index (κ3) is 35.8. The van der Waals surface area contributed by atoms with Crippen molar-refractivity contribution in [3.63, 3.8) is 0 Å². The summed E-state index contributed by atoms with van der Waals surface area (Å²) in [5, 5.41) is 25.1. The first-order chi connectivity index (χ1) is 62.1. The zero-order valence-electron chi connectivity index (χ0n) is 79.5. The number of aliphatic hydroxyl groups is 1. The molecule has 4 fully saturated rings. The van der Waals surface area contributed by atoms with Crippen LogP contribution >= 0.6 is 15.6 Å². The van der Waals surface area contributed by atoms with Crippen LogP contribution in [0.2, 0.25) is 36.3 Å². The molecule has 23 atom stereocenters. The van der Waals surface area contributed by atoms with Gasteiger partial charge in [0.25, 0.3) is 0 Å². The van der Waals surface area contributed by atoms with Crippen LogP contribution in [-0.4, -0.2) is 188 Å². The van der Waals surface area contributed by atoms with Gasteiger partial charge >= 0.3 is 33.6 Å². The van der Waals surface area contributed by atoms with Crippen LogP contribution in [0.25, 0.3) is 20.9 Å². The van der Waals surface area contributed by atoms with Crippen molar-refractivity contribution in [2.24, 2.45) is 39.8 Å². The van der Waals surface area contributed by atoms with E-state index in [9.17, 15) is 49.3 Å². The number of aliphatic hydroxyl groups excluding tert-OH is 1. The molecule has 4 aromatic carbocycles. The van der Waals surface area contributed by atoms with Gasteiger partial charge in [-0.25, -0.2) is 9.13 Å². The zero-order chi connectivity index (χ0) is 95.8. The number of nitrogens with one attached hydrogen (secondary N) is 2. The quantitative estimate of drug-likeness (QED) is 0.00708. The van der Waals surface area contributed by atoms with Crippen LogP contribution in [0.4, 0.5) is 0 Å². The number of phosphoric acid groups is 2. The van der Waals surface area contributed by atoms with Gasteiger partial charge in [0.05, 0.1) is 109 Å². The summed E-state index contributed by atoms with van der Waals surface area (Å²) in [5.74, 6) is -4.71. The van der Waals surface area contributed by atoms with Crippen molar-refractivity contribution in [3.8, 4) is 0 Å². The first-order valence-corrected chi connectivity index (χ1v) is 54.5. The number of carbonyl (C=O) groups is 5. The molecule has 10 unspecified atom stereocenters. The maximum Gasteiger partial charge on any atom is 0.475 e. The second-order valence-electron chi connectivity index (χ2n) is 37.6. The number of hydrogen-bond donors (Lipinski definition) is 3. The predicted molar refractivity (Wildman–Crippen MR) is 536 cm³/mol. The van der Waals surface area contributed by atoms with E-state index in [1.165, 1.54) is 0 Å². The van der Waals surface area contributed by atoms with Crippen LogP contribution in [0.1, 0.15) is 248 Å². The van der Waals surface area contributed by atoms with Gasteiger partial charge in [-0.05, 0) is 99.5 Å². The molecule has 0 spiro atoms. The average Bonchev–Trinajstić information content (AvgIpc) is 1.21. The number of ether oxygens (including phenoxy) is 11. The third-order valence-corrected chi connectivity index (χ3v) is 37.6. The summed E-state index contributed by atoms with van der Waals surface area (Å²) < 4.78 is 148. The van der Waals surface area contributed by atoms with Gasteiger partial charge in [-0.3, -0.25) is 51.1 Å². The van der Waals surface area contributed by atoms with Crippen LogP contribution in [0.3, 0.4) is 0 Å². The topological polar surface area (TPSA) is 437 Å². The Kier molecular flexibility index (Phi) is 54.1. The summed E-state index contributed by atoms with van der Waals surface area (Å²) in [6.45, 7) is 38.7. The monoisotopic (exact) mass is 2020 g/mol. The Morgan fingerprint density at radius 1 is 0.464 bits per heavy atom. The molecule has 0 aliphatic carbocycles. The Balaban J connectivity index is 0.000000893. The standard InChI is InChI=1S/C49H75N4O14PSi.C43H65N4O13PSi.7CH4/c1-12-31(4)24-42(56)65-46-32(5)38(63-48(44(46)52-53-50)67-69(10,11)49(7,8)9)30-59-47-43(51-40(54)25-37(13-2)62-41(55)14-3)33(6)45(39(64-47)29-58-26-34-20-16-15-17-21-34)66-68(57)60-27-35-22-18-19-23-36(35)28-61-68;1-10-32(56-36(49)11-2)21-35(48)45-37-28(4)40(59-61(51)54-23-30-19-15-16-20-31(30)24-55-61)34(25-52-22-29-17-13-12-14-18-29)58-41(37)53-26-33-27(3)39(50)38(46-47-44)42(57-33)60-62(8,9)43(5,6)7;;;;;;;/h15-23,31-33,37-39,43-48H,12-14,24-30H2,1-11H3,(H,51,54);12-20,27-28,32-34,37-42,50H,10-11,21-26H2,1-9H3,(H,45,48);7*1H4/t31-,32-,33-,37-,38?,39?,43?,44?,45+,46+,47-,48?;27-,28-,32-,33?,34?,37?,38?,39+,40+,41-,42?;;;;;;;/m11......./s1. The van der Waals surface area contributed by atoms with Gasteiger partial charge < -0.3 is 76.7 Å². The van der Waals surface area contributed by atoms with E-state index in [0.717, 1.165) is 39.8 Å². The molecule has 4 aromatic rings. The smallest absolute Gasteiger partial charge is 0.462 e. The molecule has 35 nitrogen and oxygen atoms in total. The number of phosphoric ester groups is 2. The molecule has 39 heteroatoms. The molecule has 3 N–H and O–H groups in total. The fourth-order valence-corrected chi connectivity index (χ4v) is 20.3. The van der Waals surface area contributed by atoms with Crippen LogP contribution in [-0.2, 0) is 161 Å². The second kappa shape index (κ2) is 58.7. The Morgan fingerprint density at radius 2 is 0.804 bits per heavy atom. The molecule has 6 aliphatic heterocycles. The van der Waals surface area contributed by atoms with E-state index >= 15 is 0 Å². The Bertz CT molecular complexity index is 4470. The molecule has 0 bridgehead atoms. The van der Waals surface area contributed by atoms with Gasteiger partial charge in [-0.1, -0.05) is 289 Å². The molecular weight excluding hydrogens is 1850 g/mol. The normalized spacial score (nSPS) is 27.1. The number of hydrogen-bond acceptors (Lipinski definition) is 29. The maximum absolute atomic E-state index is 14.5.